The molecule has 0 spiro atoms. The number of rotatable bonds is 4. The molecule has 0 radical (unpaired) electrons. The Labute approximate surface area is 122 Å². The molecule has 0 amide bonds. The number of hydrogen-bond donors (Lipinski definition) is 1. The highest BCUT2D eigenvalue weighted by atomic mass is 79.9. The van der Waals surface area contributed by atoms with Crippen LogP contribution in [0.25, 0.3) is 0 Å². The molecule has 0 fully saturated rings. The summed E-state index contributed by atoms with van der Waals surface area (Å²) in [6, 6.07) is 8.28. The predicted molar refractivity (Wildman–Crippen MR) is 83.2 cm³/mol. The average Bonchev–Trinajstić information content (AvgIpc) is 2.64. The van der Waals surface area contributed by atoms with Crippen molar-refractivity contribution in [2.75, 3.05) is 17.7 Å². The molecule has 2 N–H and O–H groups in total. The van der Waals surface area contributed by atoms with Crippen molar-refractivity contribution in [1.29, 1.82) is 0 Å². The van der Waals surface area contributed by atoms with Crippen LogP contribution in [0.3, 0.4) is 0 Å². The van der Waals surface area contributed by atoms with E-state index in [4.69, 9.17) is 5.73 Å². The largest absolute Gasteiger partial charge is 0.394 e. The molecule has 1 aromatic carbocycles. The fourth-order valence-corrected chi connectivity index (χ4v) is 2.73. The summed E-state index contributed by atoms with van der Waals surface area (Å²) in [7, 11) is 3.97. The summed E-state index contributed by atoms with van der Waals surface area (Å²) in [5, 5.41) is 4.45. The molecular formula is C14H19BrN4. The molecule has 2 rings (SSSR count). The summed E-state index contributed by atoms with van der Waals surface area (Å²) >= 11 is 3.49. The van der Waals surface area contributed by atoms with E-state index in [1.165, 1.54) is 5.56 Å². The van der Waals surface area contributed by atoms with Crippen LogP contribution >= 0.6 is 15.9 Å². The molecule has 0 aliphatic heterocycles. The average molecular weight is 323 g/mol. The van der Waals surface area contributed by atoms with Gasteiger partial charge >= 0.3 is 0 Å². The quantitative estimate of drug-likeness (QED) is 0.941. The number of halogens is 1. The van der Waals surface area contributed by atoms with Gasteiger partial charge in [-0.2, -0.15) is 5.10 Å². The summed E-state index contributed by atoms with van der Waals surface area (Å²) in [5.74, 6) is 0.969. The van der Waals surface area contributed by atoms with Gasteiger partial charge in [-0.1, -0.05) is 35.0 Å². The van der Waals surface area contributed by atoms with Gasteiger partial charge in [0.2, 0.25) is 0 Å². The highest BCUT2D eigenvalue weighted by Crippen LogP contribution is 2.27. The molecule has 2 aromatic rings. The maximum absolute atomic E-state index is 6.16. The van der Waals surface area contributed by atoms with Crippen molar-refractivity contribution < 1.29 is 0 Å². The lowest BCUT2D eigenvalue weighted by Crippen LogP contribution is -2.20. The number of aromatic nitrogens is 2. The number of aryl methyl sites for hydroxylation is 2. The second-order valence-electron chi connectivity index (χ2n) is 4.65. The van der Waals surface area contributed by atoms with E-state index < -0.39 is 0 Å². The SMILES string of the molecule is CCc1nn(C)c(N(C)Cc2cccc(Br)c2)c1N. The lowest BCUT2D eigenvalue weighted by Gasteiger charge is -2.20. The van der Waals surface area contributed by atoms with E-state index in [-0.39, 0.29) is 0 Å². The van der Waals surface area contributed by atoms with Crippen LogP contribution in [-0.4, -0.2) is 16.8 Å². The molecule has 102 valence electrons. The zero-order valence-electron chi connectivity index (χ0n) is 11.5. The number of nitrogens with zero attached hydrogens (tertiary/aromatic N) is 3. The number of anilines is 2. The van der Waals surface area contributed by atoms with Crippen LogP contribution in [-0.2, 0) is 20.0 Å². The molecule has 0 unspecified atom stereocenters. The molecule has 0 aliphatic rings. The Balaban J connectivity index is 2.25. The van der Waals surface area contributed by atoms with Crippen molar-refractivity contribution in [3.63, 3.8) is 0 Å². The van der Waals surface area contributed by atoms with Gasteiger partial charge in [0.25, 0.3) is 0 Å². The first-order chi connectivity index (χ1) is 9.02. The lowest BCUT2D eigenvalue weighted by atomic mass is 10.2. The molecule has 0 saturated heterocycles. The van der Waals surface area contributed by atoms with E-state index >= 15 is 0 Å². The third-order valence-corrected chi connectivity index (χ3v) is 3.63. The van der Waals surface area contributed by atoms with Crippen LogP contribution in [0.5, 0.6) is 0 Å². The Morgan fingerprint density at radius 2 is 2.16 bits per heavy atom. The Hall–Kier alpha value is -1.49. The summed E-state index contributed by atoms with van der Waals surface area (Å²) in [4.78, 5) is 2.13. The van der Waals surface area contributed by atoms with E-state index in [2.05, 4.69) is 45.0 Å². The number of benzene rings is 1. The molecule has 0 aliphatic carbocycles. The van der Waals surface area contributed by atoms with Gasteiger partial charge in [-0.05, 0) is 24.1 Å². The molecule has 4 nitrogen and oxygen atoms in total. The second kappa shape index (κ2) is 5.65. The summed E-state index contributed by atoms with van der Waals surface area (Å²) < 4.78 is 2.94. The fourth-order valence-electron chi connectivity index (χ4n) is 2.28. The van der Waals surface area contributed by atoms with Crippen molar-refractivity contribution in [1.82, 2.24) is 9.78 Å². The number of nitrogen functional groups attached to an aromatic ring is 1. The first-order valence-corrected chi connectivity index (χ1v) is 7.09. The maximum atomic E-state index is 6.16. The summed E-state index contributed by atoms with van der Waals surface area (Å²) in [5.41, 5.74) is 9.13. The van der Waals surface area contributed by atoms with Crippen molar-refractivity contribution in [2.45, 2.75) is 19.9 Å². The summed E-state index contributed by atoms with van der Waals surface area (Å²) in [6.07, 6.45) is 0.852. The minimum absolute atomic E-state index is 0.780. The monoisotopic (exact) mass is 322 g/mol. The Bertz CT molecular complexity index is 577. The molecule has 0 saturated carbocycles. The van der Waals surface area contributed by atoms with Gasteiger partial charge in [-0.25, -0.2) is 0 Å². The van der Waals surface area contributed by atoms with E-state index in [1.54, 1.807) is 0 Å². The molecule has 0 bridgehead atoms. The first kappa shape index (κ1) is 13.9. The highest BCUT2D eigenvalue weighted by molar-refractivity contribution is 9.10. The number of hydrogen-bond acceptors (Lipinski definition) is 3. The van der Waals surface area contributed by atoms with Gasteiger partial charge in [0, 0.05) is 25.1 Å². The van der Waals surface area contributed by atoms with E-state index in [0.717, 1.165) is 34.6 Å². The van der Waals surface area contributed by atoms with Gasteiger partial charge in [-0.3, -0.25) is 4.68 Å². The normalized spacial score (nSPS) is 10.7. The molecule has 5 heteroatoms. The molecule has 19 heavy (non-hydrogen) atoms. The van der Waals surface area contributed by atoms with Gasteiger partial charge < -0.3 is 10.6 Å². The second-order valence-corrected chi connectivity index (χ2v) is 5.56. The van der Waals surface area contributed by atoms with E-state index in [1.807, 2.05) is 30.9 Å². The van der Waals surface area contributed by atoms with Crippen molar-refractivity contribution in [3.05, 3.63) is 40.0 Å². The smallest absolute Gasteiger partial charge is 0.150 e. The zero-order valence-corrected chi connectivity index (χ0v) is 13.1. The summed E-state index contributed by atoms with van der Waals surface area (Å²) in [6.45, 7) is 2.86. The maximum Gasteiger partial charge on any atom is 0.150 e. The van der Waals surface area contributed by atoms with Crippen LogP contribution in [0.4, 0.5) is 11.5 Å². The predicted octanol–water partition coefficient (Wildman–Crippen LogP) is 2.96. The Kier molecular flexibility index (Phi) is 4.14. The Morgan fingerprint density at radius 3 is 2.74 bits per heavy atom. The van der Waals surface area contributed by atoms with Gasteiger partial charge in [-0.15, -0.1) is 0 Å². The first-order valence-electron chi connectivity index (χ1n) is 6.29. The van der Waals surface area contributed by atoms with Crippen molar-refractivity contribution in [3.8, 4) is 0 Å². The van der Waals surface area contributed by atoms with Gasteiger partial charge in [0.15, 0.2) is 0 Å². The van der Waals surface area contributed by atoms with Gasteiger partial charge in [0.1, 0.15) is 5.82 Å². The van der Waals surface area contributed by atoms with Gasteiger partial charge in [0.05, 0.1) is 11.4 Å². The van der Waals surface area contributed by atoms with Crippen LogP contribution in [0.1, 0.15) is 18.2 Å². The fraction of sp³-hybridized carbons (Fsp3) is 0.357. The molecule has 0 atom stereocenters. The van der Waals surface area contributed by atoms with Crippen molar-refractivity contribution >= 4 is 27.4 Å². The minimum atomic E-state index is 0.780. The number of nitrogens with two attached hydrogens (primary N) is 1. The van der Waals surface area contributed by atoms with Crippen LogP contribution in [0, 0.1) is 0 Å². The molecular weight excluding hydrogens is 304 g/mol. The van der Waals surface area contributed by atoms with Crippen LogP contribution < -0.4 is 10.6 Å². The van der Waals surface area contributed by atoms with Crippen LogP contribution in [0.2, 0.25) is 0 Å². The van der Waals surface area contributed by atoms with E-state index in [0.29, 0.717) is 0 Å². The topological polar surface area (TPSA) is 47.1 Å². The van der Waals surface area contributed by atoms with Crippen molar-refractivity contribution in [2.24, 2.45) is 7.05 Å². The Morgan fingerprint density at radius 1 is 1.42 bits per heavy atom. The minimum Gasteiger partial charge on any atom is -0.394 e. The standard InChI is InChI=1S/C14H19BrN4/c1-4-12-13(16)14(19(3)17-12)18(2)9-10-6-5-7-11(15)8-10/h5-8H,4,9,16H2,1-3H3. The zero-order chi connectivity index (χ0) is 14.0. The third kappa shape index (κ3) is 2.92. The van der Waals surface area contributed by atoms with Crippen LogP contribution in [0.15, 0.2) is 28.7 Å². The van der Waals surface area contributed by atoms with E-state index in [9.17, 15) is 0 Å². The highest BCUT2D eigenvalue weighted by Gasteiger charge is 2.15. The third-order valence-electron chi connectivity index (χ3n) is 3.13. The molecule has 1 aromatic heterocycles. The lowest BCUT2D eigenvalue weighted by molar-refractivity contribution is 0.720. The molecule has 1 heterocycles.